The summed E-state index contributed by atoms with van der Waals surface area (Å²) in [6, 6.07) is 3.64. The van der Waals surface area contributed by atoms with Crippen molar-refractivity contribution in [2.24, 2.45) is 0 Å². The smallest absolute Gasteiger partial charge is 0.192 e. The fourth-order valence-corrected chi connectivity index (χ4v) is 3.49. The maximum absolute atomic E-state index is 12.2. The van der Waals surface area contributed by atoms with Crippen molar-refractivity contribution in [3.63, 3.8) is 0 Å². The highest BCUT2D eigenvalue weighted by Gasteiger charge is 2.18. The van der Waals surface area contributed by atoms with E-state index in [0.29, 0.717) is 5.02 Å². The van der Waals surface area contributed by atoms with Crippen LogP contribution in [0, 0.1) is 3.57 Å². The highest BCUT2D eigenvalue weighted by Crippen LogP contribution is 2.25. The summed E-state index contributed by atoms with van der Waals surface area (Å²) in [7, 11) is 0. The minimum atomic E-state index is 0.154. The molecule has 0 spiro atoms. The van der Waals surface area contributed by atoms with Gasteiger partial charge >= 0.3 is 0 Å². The quantitative estimate of drug-likeness (QED) is 0.730. The Morgan fingerprint density at radius 1 is 1.31 bits per heavy atom. The monoisotopic (exact) mass is 345 g/mol. The highest BCUT2D eigenvalue weighted by molar-refractivity contribution is 14.1. The standard InChI is InChI=1S/C12H9ClINO/c13-6-4-8-11(9(14)5-6)15-10-3-1-2-7(10)12(8)16/h4-5H,1-3H2,(H,15,16). The Labute approximate surface area is 111 Å². The molecule has 0 saturated carbocycles. The van der Waals surface area contributed by atoms with Gasteiger partial charge in [0.1, 0.15) is 0 Å². The first kappa shape index (κ1) is 10.6. The Kier molecular flexibility index (Phi) is 2.47. The van der Waals surface area contributed by atoms with Gasteiger partial charge < -0.3 is 4.98 Å². The molecule has 1 aromatic heterocycles. The first-order chi connectivity index (χ1) is 7.66. The molecule has 82 valence electrons. The lowest BCUT2D eigenvalue weighted by molar-refractivity contribution is 0.900. The molecule has 16 heavy (non-hydrogen) atoms. The molecule has 3 rings (SSSR count). The van der Waals surface area contributed by atoms with E-state index in [1.807, 2.05) is 6.07 Å². The van der Waals surface area contributed by atoms with Crippen LogP contribution in [0.1, 0.15) is 17.7 Å². The van der Waals surface area contributed by atoms with Crippen LogP contribution in [0.5, 0.6) is 0 Å². The summed E-state index contributed by atoms with van der Waals surface area (Å²) in [6.07, 6.45) is 2.95. The molecule has 0 unspecified atom stereocenters. The molecule has 2 nitrogen and oxygen atoms in total. The Morgan fingerprint density at radius 3 is 2.94 bits per heavy atom. The van der Waals surface area contributed by atoms with E-state index in [1.165, 1.54) is 0 Å². The minimum Gasteiger partial charge on any atom is -0.357 e. The van der Waals surface area contributed by atoms with Crippen LogP contribution in [0.25, 0.3) is 10.9 Å². The number of pyridine rings is 1. The van der Waals surface area contributed by atoms with E-state index in [0.717, 1.165) is 45.0 Å². The second kappa shape index (κ2) is 3.74. The number of halogens is 2. The van der Waals surface area contributed by atoms with Crippen molar-refractivity contribution in [1.29, 1.82) is 0 Å². The van der Waals surface area contributed by atoms with Crippen LogP contribution in [-0.4, -0.2) is 4.98 Å². The van der Waals surface area contributed by atoms with Crippen molar-refractivity contribution in [3.8, 4) is 0 Å². The lowest BCUT2D eigenvalue weighted by Gasteiger charge is -2.06. The number of fused-ring (bicyclic) bond motifs is 2. The van der Waals surface area contributed by atoms with Gasteiger partial charge in [-0.2, -0.15) is 0 Å². The van der Waals surface area contributed by atoms with E-state index in [2.05, 4.69) is 27.6 Å². The van der Waals surface area contributed by atoms with Crippen LogP contribution in [0.15, 0.2) is 16.9 Å². The van der Waals surface area contributed by atoms with Crippen molar-refractivity contribution in [2.45, 2.75) is 19.3 Å². The molecule has 0 saturated heterocycles. The maximum Gasteiger partial charge on any atom is 0.192 e. The summed E-state index contributed by atoms with van der Waals surface area (Å²) < 4.78 is 1.01. The molecule has 1 aromatic carbocycles. The molecule has 0 aliphatic heterocycles. The zero-order valence-electron chi connectivity index (χ0n) is 8.44. The Morgan fingerprint density at radius 2 is 2.12 bits per heavy atom. The first-order valence-electron chi connectivity index (χ1n) is 5.19. The van der Waals surface area contributed by atoms with Gasteiger partial charge in [-0.3, -0.25) is 4.79 Å². The lowest BCUT2D eigenvalue weighted by atomic mass is 10.1. The van der Waals surface area contributed by atoms with Crippen molar-refractivity contribution >= 4 is 45.1 Å². The molecular weight excluding hydrogens is 336 g/mol. The van der Waals surface area contributed by atoms with Crippen molar-refractivity contribution < 1.29 is 0 Å². The van der Waals surface area contributed by atoms with Crippen LogP contribution < -0.4 is 5.43 Å². The lowest BCUT2D eigenvalue weighted by Crippen LogP contribution is -2.11. The zero-order chi connectivity index (χ0) is 11.3. The van der Waals surface area contributed by atoms with Gasteiger partial charge in [0.15, 0.2) is 5.43 Å². The van der Waals surface area contributed by atoms with Crippen molar-refractivity contribution in [2.75, 3.05) is 0 Å². The molecule has 0 atom stereocenters. The van der Waals surface area contributed by atoms with E-state index < -0.39 is 0 Å². The molecule has 0 radical (unpaired) electrons. The molecule has 1 aliphatic rings. The van der Waals surface area contributed by atoms with Crippen molar-refractivity contribution in [1.82, 2.24) is 4.98 Å². The highest BCUT2D eigenvalue weighted by atomic mass is 127. The third kappa shape index (κ3) is 1.49. The average molecular weight is 346 g/mol. The fourth-order valence-electron chi connectivity index (χ4n) is 2.33. The topological polar surface area (TPSA) is 32.9 Å². The van der Waals surface area contributed by atoms with Gasteiger partial charge in [0.2, 0.25) is 0 Å². The van der Waals surface area contributed by atoms with Crippen LogP contribution >= 0.6 is 34.2 Å². The number of benzene rings is 1. The number of aromatic amines is 1. The molecule has 4 heteroatoms. The fraction of sp³-hybridized carbons (Fsp3) is 0.250. The largest absolute Gasteiger partial charge is 0.357 e. The zero-order valence-corrected chi connectivity index (χ0v) is 11.4. The second-order valence-electron chi connectivity index (χ2n) is 4.07. The molecule has 0 fully saturated rings. The van der Waals surface area contributed by atoms with Gasteiger partial charge in [0, 0.05) is 25.2 Å². The predicted octanol–water partition coefficient (Wildman–Crippen LogP) is 3.27. The number of aromatic nitrogens is 1. The summed E-state index contributed by atoms with van der Waals surface area (Å²) in [4.78, 5) is 15.6. The molecular formula is C12H9ClINO. The predicted molar refractivity (Wildman–Crippen MR) is 74.3 cm³/mol. The minimum absolute atomic E-state index is 0.154. The third-order valence-electron chi connectivity index (χ3n) is 3.07. The summed E-state index contributed by atoms with van der Waals surface area (Å²) >= 11 is 8.20. The van der Waals surface area contributed by atoms with Gasteiger partial charge in [-0.05, 0) is 54.0 Å². The van der Waals surface area contributed by atoms with Crippen LogP contribution in [0.2, 0.25) is 5.02 Å². The SMILES string of the molecule is O=c1c2c([nH]c3c(I)cc(Cl)cc13)CCC2. The Balaban J connectivity index is 2.51. The van der Waals surface area contributed by atoms with Gasteiger partial charge in [0.25, 0.3) is 0 Å². The van der Waals surface area contributed by atoms with E-state index >= 15 is 0 Å². The van der Waals surface area contributed by atoms with Crippen LogP contribution in [0.4, 0.5) is 0 Å². The molecule has 1 N–H and O–H groups in total. The van der Waals surface area contributed by atoms with E-state index in [4.69, 9.17) is 11.6 Å². The number of H-pyrrole nitrogens is 1. The van der Waals surface area contributed by atoms with Crippen LogP contribution in [-0.2, 0) is 12.8 Å². The summed E-state index contributed by atoms with van der Waals surface area (Å²) in [6.45, 7) is 0. The number of nitrogens with one attached hydrogen (secondary N) is 1. The van der Waals surface area contributed by atoms with Gasteiger partial charge in [-0.1, -0.05) is 11.6 Å². The third-order valence-corrected chi connectivity index (χ3v) is 4.14. The Hall–Kier alpha value is -0.550. The molecule has 0 amide bonds. The maximum atomic E-state index is 12.2. The normalized spacial score (nSPS) is 14.4. The molecule has 1 heterocycles. The number of aryl methyl sites for hydroxylation is 1. The van der Waals surface area contributed by atoms with Gasteiger partial charge in [-0.15, -0.1) is 0 Å². The van der Waals surface area contributed by atoms with E-state index in [9.17, 15) is 4.79 Å². The number of hydrogen-bond donors (Lipinski definition) is 1. The summed E-state index contributed by atoms with van der Waals surface area (Å²) in [5.41, 5.74) is 3.14. The van der Waals surface area contributed by atoms with Gasteiger partial charge in [-0.25, -0.2) is 0 Å². The molecule has 2 aromatic rings. The second-order valence-corrected chi connectivity index (χ2v) is 5.67. The van der Waals surface area contributed by atoms with E-state index in [-0.39, 0.29) is 5.43 Å². The number of rotatable bonds is 0. The Bertz CT molecular complexity index is 647. The molecule has 0 bridgehead atoms. The van der Waals surface area contributed by atoms with Crippen LogP contribution in [0.3, 0.4) is 0 Å². The van der Waals surface area contributed by atoms with E-state index in [1.54, 1.807) is 6.07 Å². The first-order valence-corrected chi connectivity index (χ1v) is 6.65. The molecule has 1 aliphatic carbocycles. The van der Waals surface area contributed by atoms with Crippen molar-refractivity contribution in [3.05, 3.63) is 42.2 Å². The summed E-state index contributed by atoms with van der Waals surface area (Å²) in [5.74, 6) is 0. The average Bonchev–Trinajstić information content (AvgIpc) is 2.68. The van der Waals surface area contributed by atoms with Gasteiger partial charge in [0.05, 0.1) is 5.52 Å². The summed E-state index contributed by atoms with van der Waals surface area (Å²) in [5, 5.41) is 1.35. The number of hydrogen-bond acceptors (Lipinski definition) is 1.